The molecule has 0 bridgehead atoms. The van der Waals surface area contributed by atoms with Gasteiger partial charge in [0, 0.05) is 37.3 Å². The van der Waals surface area contributed by atoms with Crippen LogP contribution in [0.5, 0.6) is 0 Å². The van der Waals surface area contributed by atoms with E-state index in [9.17, 15) is 22.8 Å². The van der Waals surface area contributed by atoms with Crippen molar-refractivity contribution in [2.45, 2.75) is 44.0 Å². The van der Waals surface area contributed by atoms with Crippen LogP contribution in [0.25, 0.3) is 0 Å². The predicted molar refractivity (Wildman–Crippen MR) is 189 cm³/mol. The molecule has 1 saturated heterocycles. The van der Waals surface area contributed by atoms with E-state index in [1.165, 1.54) is 25.0 Å². The molecule has 0 atom stereocenters. The maximum Gasteiger partial charge on any atom is 0.251 e. The molecule has 3 aromatic carbocycles. The Hall–Kier alpha value is -3.48. The molecule has 0 aliphatic carbocycles. The zero-order chi connectivity index (χ0) is 34.7. The number of carbonyl (C=O) groups excluding carboxylic acids is 3. The molecule has 0 radical (unpaired) electrons. The Labute approximate surface area is 293 Å². The van der Waals surface area contributed by atoms with Crippen molar-refractivity contribution < 1.29 is 22.8 Å². The van der Waals surface area contributed by atoms with Gasteiger partial charge in [0.15, 0.2) is 0 Å². The van der Waals surface area contributed by atoms with Crippen LogP contribution in [0.3, 0.4) is 0 Å². The monoisotopic (exact) mass is 715 g/mol. The second kappa shape index (κ2) is 17.8. The molecule has 258 valence electrons. The highest BCUT2D eigenvalue weighted by Gasteiger charge is 2.30. The summed E-state index contributed by atoms with van der Waals surface area (Å²) in [5.74, 6) is -1.11. The van der Waals surface area contributed by atoms with E-state index in [2.05, 4.69) is 15.5 Å². The molecule has 3 aromatic rings. The number of likely N-dealkylation sites (tertiary alicyclic amines) is 1. The first kappa shape index (κ1) is 37.3. The lowest BCUT2D eigenvalue weighted by Crippen LogP contribution is -2.45. The highest BCUT2D eigenvalue weighted by molar-refractivity contribution is 7.89. The van der Waals surface area contributed by atoms with E-state index in [1.54, 1.807) is 31.0 Å². The van der Waals surface area contributed by atoms with Crippen LogP contribution < -0.4 is 10.6 Å². The fourth-order valence-corrected chi connectivity index (χ4v) is 7.75. The number of hydrogen-bond acceptors (Lipinski definition) is 6. The van der Waals surface area contributed by atoms with Gasteiger partial charge in [0.1, 0.15) is 4.90 Å². The van der Waals surface area contributed by atoms with Gasteiger partial charge in [-0.25, -0.2) is 8.42 Å². The van der Waals surface area contributed by atoms with Gasteiger partial charge < -0.3 is 20.4 Å². The lowest BCUT2D eigenvalue weighted by molar-refractivity contribution is -0.133. The number of sulfonamides is 1. The highest BCUT2D eigenvalue weighted by atomic mass is 35.5. The van der Waals surface area contributed by atoms with E-state index in [0.717, 1.165) is 41.5 Å². The molecule has 1 fully saturated rings. The number of hydrogen-bond donors (Lipinski definition) is 2. The van der Waals surface area contributed by atoms with Crippen molar-refractivity contribution in [1.82, 2.24) is 24.7 Å². The number of carbonyl (C=O) groups is 3. The smallest absolute Gasteiger partial charge is 0.251 e. The Morgan fingerprint density at radius 3 is 2.25 bits per heavy atom. The third-order valence-corrected chi connectivity index (χ3v) is 11.3. The van der Waals surface area contributed by atoms with Crippen molar-refractivity contribution in [2.75, 3.05) is 52.9 Å². The van der Waals surface area contributed by atoms with Gasteiger partial charge in [-0.15, -0.1) is 0 Å². The first-order valence-corrected chi connectivity index (χ1v) is 18.3. The van der Waals surface area contributed by atoms with Crippen molar-refractivity contribution in [1.29, 1.82) is 0 Å². The average Bonchev–Trinajstić information content (AvgIpc) is 3.61. The zero-order valence-corrected chi connectivity index (χ0v) is 29.7. The van der Waals surface area contributed by atoms with Gasteiger partial charge in [-0.2, -0.15) is 4.31 Å². The van der Waals surface area contributed by atoms with Crippen LogP contribution in [0, 0.1) is 6.92 Å². The molecule has 10 nitrogen and oxygen atoms in total. The molecule has 2 N–H and O–H groups in total. The van der Waals surface area contributed by atoms with Crippen LogP contribution in [0.15, 0.2) is 71.6 Å². The SMILES string of the molecule is CNC(=O)c1ccc(CN(CCCN2CCCC2)C(=O)CNC(=O)CN(CCc2ccccc2)S(=O)(=O)c2ccc(Cl)c(C)c2Cl)cc1. The van der Waals surface area contributed by atoms with Crippen molar-refractivity contribution in [3.05, 3.63) is 99.0 Å². The summed E-state index contributed by atoms with van der Waals surface area (Å²) in [7, 11) is -2.64. The second-order valence-electron chi connectivity index (χ2n) is 11.8. The minimum absolute atomic E-state index is 0.00396. The molecule has 0 saturated carbocycles. The minimum Gasteiger partial charge on any atom is -0.355 e. The molecular weight excluding hydrogens is 673 g/mol. The molecule has 13 heteroatoms. The molecule has 0 spiro atoms. The Bertz CT molecular complexity index is 1670. The highest BCUT2D eigenvalue weighted by Crippen LogP contribution is 2.32. The summed E-state index contributed by atoms with van der Waals surface area (Å²) in [6, 6.07) is 19.2. The summed E-state index contributed by atoms with van der Waals surface area (Å²) >= 11 is 12.6. The van der Waals surface area contributed by atoms with Crippen molar-refractivity contribution in [3.63, 3.8) is 0 Å². The number of halogens is 2. The van der Waals surface area contributed by atoms with E-state index in [1.807, 2.05) is 42.5 Å². The van der Waals surface area contributed by atoms with Crippen LogP contribution in [0.1, 0.15) is 46.3 Å². The largest absolute Gasteiger partial charge is 0.355 e. The van der Waals surface area contributed by atoms with E-state index < -0.39 is 22.5 Å². The Kier molecular flexibility index (Phi) is 13.8. The van der Waals surface area contributed by atoms with Crippen LogP contribution >= 0.6 is 23.2 Å². The maximum atomic E-state index is 13.8. The van der Waals surface area contributed by atoms with Gasteiger partial charge in [-0.05, 0) is 93.2 Å². The fraction of sp³-hybridized carbons (Fsp3) is 0.400. The first-order valence-electron chi connectivity index (χ1n) is 16.1. The number of nitrogens with one attached hydrogen (secondary N) is 2. The van der Waals surface area contributed by atoms with E-state index in [4.69, 9.17) is 23.2 Å². The predicted octanol–water partition coefficient (Wildman–Crippen LogP) is 4.53. The third kappa shape index (κ3) is 10.3. The normalized spacial score (nSPS) is 13.4. The summed E-state index contributed by atoms with van der Waals surface area (Å²) in [4.78, 5) is 42.7. The number of benzene rings is 3. The second-order valence-corrected chi connectivity index (χ2v) is 14.5. The van der Waals surface area contributed by atoms with E-state index in [-0.39, 0.29) is 34.8 Å². The Balaban J connectivity index is 1.45. The van der Waals surface area contributed by atoms with Gasteiger partial charge in [0.25, 0.3) is 5.91 Å². The molecule has 1 heterocycles. The summed E-state index contributed by atoms with van der Waals surface area (Å²) in [6.07, 6.45) is 3.48. The Morgan fingerprint density at radius 1 is 0.896 bits per heavy atom. The average molecular weight is 717 g/mol. The van der Waals surface area contributed by atoms with Crippen molar-refractivity contribution in [3.8, 4) is 0 Å². The summed E-state index contributed by atoms with van der Waals surface area (Å²) in [6.45, 7) is 4.59. The summed E-state index contributed by atoms with van der Waals surface area (Å²) < 4.78 is 28.8. The topological polar surface area (TPSA) is 119 Å². The van der Waals surface area contributed by atoms with Gasteiger partial charge in [-0.3, -0.25) is 14.4 Å². The van der Waals surface area contributed by atoms with Crippen LogP contribution in [-0.2, 0) is 32.6 Å². The maximum absolute atomic E-state index is 13.8. The number of nitrogens with zero attached hydrogens (tertiary/aromatic N) is 3. The number of amides is 3. The standard InChI is InChI=1S/C35H43Cl2N5O5S/c1-26-30(36)15-16-31(34(26)37)48(46,47)42(22-17-27-9-4-3-5-10-27)25-32(43)39-23-33(44)41(21-8-20-40-18-6-7-19-40)24-28-11-13-29(14-12-28)35(45)38-2/h3-5,9-16H,6-8,17-25H2,1-2H3,(H,38,45)(H,39,43). The Morgan fingerprint density at radius 2 is 1.58 bits per heavy atom. The van der Waals surface area contributed by atoms with E-state index >= 15 is 0 Å². The fourth-order valence-electron chi connectivity index (χ4n) is 5.57. The molecule has 0 unspecified atom stereocenters. The number of rotatable bonds is 16. The quantitative estimate of drug-likeness (QED) is 0.225. The summed E-state index contributed by atoms with van der Waals surface area (Å²) in [5.41, 5.74) is 2.68. The molecule has 4 rings (SSSR count). The lowest BCUT2D eigenvalue weighted by atomic mass is 10.1. The molecule has 48 heavy (non-hydrogen) atoms. The van der Waals surface area contributed by atoms with Crippen LogP contribution in [0.2, 0.25) is 10.0 Å². The van der Waals surface area contributed by atoms with Gasteiger partial charge >= 0.3 is 0 Å². The van der Waals surface area contributed by atoms with Crippen LogP contribution in [-0.4, -0.2) is 93.1 Å². The van der Waals surface area contributed by atoms with Crippen LogP contribution in [0.4, 0.5) is 0 Å². The molecule has 1 aliphatic heterocycles. The molecule has 0 aromatic heterocycles. The van der Waals surface area contributed by atoms with Crippen molar-refractivity contribution >= 4 is 50.9 Å². The third-order valence-electron chi connectivity index (χ3n) is 8.42. The van der Waals surface area contributed by atoms with Crippen molar-refractivity contribution in [2.24, 2.45) is 0 Å². The molecule has 3 amide bonds. The molecular formula is C35H43Cl2N5O5S. The zero-order valence-electron chi connectivity index (χ0n) is 27.4. The minimum atomic E-state index is -4.21. The molecule has 1 aliphatic rings. The first-order chi connectivity index (χ1) is 23.0. The van der Waals surface area contributed by atoms with Gasteiger partial charge in [-0.1, -0.05) is 65.7 Å². The summed E-state index contributed by atoms with van der Waals surface area (Å²) in [5, 5.41) is 5.57. The van der Waals surface area contributed by atoms with Gasteiger partial charge in [0.05, 0.1) is 18.1 Å². The van der Waals surface area contributed by atoms with E-state index in [0.29, 0.717) is 35.7 Å². The lowest BCUT2D eigenvalue weighted by Gasteiger charge is -2.25. The van der Waals surface area contributed by atoms with Gasteiger partial charge in [0.2, 0.25) is 21.8 Å².